The van der Waals surface area contributed by atoms with Crippen molar-refractivity contribution in [2.24, 2.45) is 0 Å². The lowest BCUT2D eigenvalue weighted by molar-refractivity contribution is -0.137. The van der Waals surface area contributed by atoms with E-state index in [-0.39, 0.29) is 24.3 Å². The number of rotatable bonds is 6. The van der Waals surface area contributed by atoms with Crippen molar-refractivity contribution >= 4 is 11.9 Å². The minimum absolute atomic E-state index is 0.0498. The Bertz CT molecular complexity index is 814. The molecule has 1 aromatic carbocycles. The number of carboxylic acid groups (broad SMARTS) is 1. The lowest BCUT2D eigenvalue weighted by Gasteiger charge is -2.18. The van der Waals surface area contributed by atoms with Crippen molar-refractivity contribution < 1.29 is 19.1 Å². The zero-order valence-electron chi connectivity index (χ0n) is 14.0. The second-order valence-corrected chi connectivity index (χ2v) is 6.40. The maximum Gasteiger partial charge on any atom is 0.323 e. The fraction of sp³-hybridized carbons (Fsp3) is 0.412. The summed E-state index contributed by atoms with van der Waals surface area (Å²) in [6.45, 7) is 3.41. The first-order valence-electron chi connectivity index (χ1n) is 8.12. The third-order valence-corrected chi connectivity index (χ3v) is 3.95. The molecular formula is C17H19FN4O3. The van der Waals surface area contributed by atoms with Crippen LogP contribution in [0.3, 0.4) is 0 Å². The molecule has 0 bridgehead atoms. The summed E-state index contributed by atoms with van der Waals surface area (Å²) in [5.74, 6) is -1.61. The molecule has 1 amide bonds. The fourth-order valence-electron chi connectivity index (χ4n) is 2.61. The van der Waals surface area contributed by atoms with Crippen LogP contribution >= 0.6 is 0 Å². The summed E-state index contributed by atoms with van der Waals surface area (Å²) in [5.41, 5.74) is 0.464. The number of carbonyl (C=O) groups excluding carboxylic acids is 1. The van der Waals surface area contributed by atoms with E-state index in [1.54, 1.807) is 12.1 Å². The molecule has 1 aliphatic rings. The van der Waals surface area contributed by atoms with E-state index < -0.39 is 17.7 Å². The molecule has 1 fully saturated rings. The van der Waals surface area contributed by atoms with E-state index in [2.05, 4.69) is 10.1 Å². The van der Waals surface area contributed by atoms with Crippen molar-refractivity contribution in [1.29, 1.82) is 0 Å². The SMILES string of the molecule is CC(C)c1nc(C(=O)N(CC(=O)O)C2CC2)nn1-c1cccc(F)c1. The first-order chi connectivity index (χ1) is 11.9. The summed E-state index contributed by atoms with van der Waals surface area (Å²) in [7, 11) is 0. The van der Waals surface area contributed by atoms with Crippen LogP contribution in [0.15, 0.2) is 24.3 Å². The molecule has 0 spiro atoms. The molecule has 1 aliphatic carbocycles. The van der Waals surface area contributed by atoms with Gasteiger partial charge in [-0.2, -0.15) is 0 Å². The van der Waals surface area contributed by atoms with E-state index in [1.807, 2.05) is 13.8 Å². The lowest BCUT2D eigenvalue weighted by atomic mass is 10.2. The minimum atomic E-state index is -1.08. The van der Waals surface area contributed by atoms with Gasteiger partial charge in [-0.05, 0) is 31.0 Å². The van der Waals surface area contributed by atoms with Gasteiger partial charge >= 0.3 is 5.97 Å². The van der Waals surface area contributed by atoms with Crippen molar-refractivity contribution in [1.82, 2.24) is 19.7 Å². The van der Waals surface area contributed by atoms with Gasteiger partial charge in [-0.3, -0.25) is 9.59 Å². The molecule has 8 heteroatoms. The van der Waals surface area contributed by atoms with Crippen molar-refractivity contribution in [3.05, 3.63) is 41.7 Å². The standard InChI is InChI=1S/C17H19FN4O3/c1-10(2)16-19-15(17(25)21(9-14(23)24)12-6-7-12)20-22(16)13-5-3-4-11(18)8-13/h3-5,8,10,12H,6-7,9H2,1-2H3,(H,23,24). The molecule has 0 saturated heterocycles. The molecule has 25 heavy (non-hydrogen) atoms. The highest BCUT2D eigenvalue weighted by Gasteiger charge is 2.36. The van der Waals surface area contributed by atoms with Crippen LogP contribution in [0.1, 0.15) is 49.1 Å². The Kier molecular flexibility index (Phi) is 4.52. The summed E-state index contributed by atoms with van der Waals surface area (Å²) in [6, 6.07) is 5.79. The predicted octanol–water partition coefficient (Wildman–Crippen LogP) is 2.22. The minimum Gasteiger partial charge on any atom is -0.480 e. The molecule has 0 atom stereocenters. The second kappa shape index (κ2) is 6.62. The van der Waals surface area contributed by atoms with Gasteiger partial charge in [0.2, 0.25) is 5.82 Å². The molecule has 0 unspecified atom stereocenters. The van der Waals surface area contributed by atoms with Crippen LogP contribution in [0.5, 0.6) is 0 Å². The van der Waals surface area contributed by atoms with E-state index >= 15 is 0 Å². The van der Waals surface area contributed by atoms with Gasteiger partial charge < -0.3 is 10.0 Å². The highest BCUT2D eigenvalue weighted by atomic mass is 19.1. The summed E-state index contributed by atoms with van der Waals surface area (Å²) < 4.78 is 15.0. The first-order valence-corrected chi connectivity index (χ1v) is 8.12. The third kappa shape index (κ3) is 3.67. The Morgan fingerprint density at radius 3 is 2.68 bits per heavy atom. The van der Waals surface area contributed by atoms with E-state index in [1.165, 1.54) is 21.7 Å². The zero-order valence-corrected chi connectivity index (χ0v) is 14.0. The van der Waals surface area contributed by atoms with Crippen LogP contribution in [-0.2, 0) is 4.79 Å². The van der Waals surface area contributed by atoms with Crippen LogP contribution in [0.2, 0.25) is 0 Å². The van der Waals surface area contributed by atoms with Crippen molar-refractivity contribution in [3.8, 4) is 5.69 Å². The van der Waals surface area contributed by atoms with Gasteiger partial charge in [-0.1, -0.05) is 19.9 Å². The molecule has 132 valence electrons. The lowest BCUT2D eigenvalue weighted by Crippen LogP contribution is -2.38. The molecule has 1 heterocycles. The maximum atomic E-state index is 13.5. The topological polar surface area (TPSA) is 88.3 Å². The number of aromatic nitrogens is 3. The molecule has 7 nitrogen and oxygen atoms in total. The Hall–Kier alpha value is -2.77. The highest BCUT2D eigenvalue weighted by molar-refractivity contribution is 5.93. The molecular weight excluding hydrogens is 327 g/mol. The van der Waals surface area contributed by atoms with Crippen LogP contribution < -0.4 is 0 Å². The zero-order chi connectivity index (χ0) is 18.1. The van der Waals surface area contributed by atoms with Crippen LogP contribution in [0, 0.1) is 5.82 Å². The number of hydrogen-bond acceptors (Lipinski definition) is 4. The monoisotopic (exact) mass is 346 g/mol. The molecule has 1 aromatic heterocycles. The number of benzene rings is 1. The quantitative estimate of drug-likeness (QED) is 0.866. The average molecular weight is 346 g/mol. The number of hydrogen-bond donors (Lipinski definition) is 1. The summed E-state index contributed by atoms with van der Waals surface area (Å²) in [4.78, 5) is 29.3. The first kappa shape index (κ1) is 17.1. The van der Waals surface area contributed by atoms with Crippen molar-refractivity contribution in [2.75, 3.05) is 6.54 Å². The molecule has 2 aromatic rings. The predicted molar refractivity (Wildman–Crippen MR) is 87.1 cm³/mol. The number of nitrogens with zero attached hydrogens (tertiary/aromatic N) is 4. The van der Waals surface area contributed by atoms with Gasteiger partial charge in [0, 0.05) is 12.0 Å². The smallest absolute Gasteiger partial charge is 0.323 e. The average Bonchev–Trinajstić information content (AvgIpc) is 3.28. The summed E-state index contributed by atoms with van der Waals surface area (Å²) in [6.07, 6.45) is 1.56. The van der Waals surface area contributed by atoms with E-state index in [0.717, 1.165) is 12.8 Å². The largest absolute Gasteiger partial charge is 0.480 e. The van der Waals surface area contributed by atoms with E-state index in [0.29, 0.717) is 11.5 Å². The van der Waals surface area contributed by atoms with Gasteiger partial charge in [0.25, 0.3) is 5.91 Å². The number of carboxylic acids is 1. The van der Waals surface area contributed by atoms with Gasteiger partial charge in [-0.25, -0.2) is 14.1 Å². The van der Waals surface area contributed by atoms with Crippen LogP contribution in [-0.4, -0.2) is 49.2 Å². The van der Waals surface area contributed by atoms with Crippen LogP contribution in [0.4, 0.5) is 4.39 Å². The Morgan fingerprint density at radius 1 is 1.40 bits per heavy atom. The van der Waals surface area contributed by atoms with Crippen molar-refractivity contribution in [2.45, 2.75) is 38.6 Å². The number of aliphatic carboxylic acids is 1. The number of amides is 1. The van der Waals surface area contributed by atoms with Gasteiger partial charge in [-0.15, -0.1) is 5.10 Å². The normalized spacial score (nSPS) is 13.9. The fourth-order valence-corrected chi connectivity index (χ4v) is 2.61. The second-order valence-electron chi connectivity index (χ2n) is 6.40. The van der Waals surface area contributed by atoms with Gasteiger partial charge in [0.05, 0.1) is 5.69 Å². The van der Waals surface area contributed by atoms with E-state index in [4.69, 9.17) is 5.11 Å². The Balaban J connectivity index is 1.98. The summed E-state index contributed by atoms with van der Waals surface area (Å²) >= 11 is 0. The number of carbonyl (C=O) groups is 2. The summed E-state index contributed by atoms with van der Waals surface area (Å²) in [5, 5.41) is 13.3. The third-order valence-electron chi connectivity index (χ3n) is 3.95. The van der Waals surface area contributed by atoms with E-state index in [9.17, 15) is 14.0 Å². The molecule has 0 radical (unpaired) electrons. The highest BCUT2D eigenvalue weighted by Crippen LogP contribution is 2.28. The maximum absolute atomic E-state index is 13.5. The Morgan fingerprint density at radius 2 is 2.12 bits per heavy atom. The molecule has 1 saturated carbocycles. The number of halogens is 1. The van der Waals surface area contributed by atoms with Crippen molar-refractivity contribution in [3.63, 3.8) is 0 Å². The van der Waals surface area contributed by atoms with Crippen LogP contribution in [0.25, 0.3) is 5.69 Å². The Labute approximate surface area is 144 Å². The van der Waals surface area contributed by atoms with Gasteiger partial charge in [0.15, 0.2) is 0 Å². The van der Waals surface area contributed by atoms with Gasteiger partial charge in [0.1, 0.15) is 18.2 Å². The molecule has 1 N–H and O–H groups in total. The molecule has 0 aliphatic heterocycles. The molecule has 3 rings (SSSR count).